The van der Waals surface area contributed by atoms with Crippen LogP contribution >= 0.6 is 0 Å². The van der Waals surface area contributed by atoms with Gasteiger partial charge >= 0.3 is 0 Å². The number of rotatable bonds is 5. The fourth-order valence-corrected chi connectivity index (χ4v) is 3.26. The Bertz CT molecular complexity index is 942. The summed E-state index contributed by atoms with van der Waals surface area (Å²) in [5, 5.41) is 6.72. The van der Waals surface area contributed by atoms with Crippen molar-refractivity contribution >= 4 is 5.91 Å². The first-order chi connectivity index (χ1) is 13.7. The van der Waals surface area contributed by atoms with Gasteiger partial charge in [0.05, 0.1) is 6.61 Å². The van der Waals surface area contributed by atoms with E-state index in [1.807, 2.05) is 24.3 Å². The average Bonchev–Trinajstić information content (AvgIpc) is 3.25. The van der Waals surface area contributed by atoms with Gasteiger partial charge in [-0.15, -0.1) is 0 Å². The van der Waals surface area contributed by atoms with E-state index in [0.717, 1.165) is 13.1 Å². The van der Waals surface area contributed by atoms with Gasteiger partial charge in [-0.25, -0.2) is 0 Å². The highest BCUT2D eigenvalue weighted by atomic mass is 16.5. The summed E-state index contributed by atoms with van der Waals surface area (Å²) in [5.74, 6) is 0.747. The molecule has 0 saturated carbocycles. The van der Waals surface area contributed by atoms with Crippen molar-refractivity contribution in [1.29, 1.82) is 0 Å². The van der Waals surface area contributed by atoms with E-state index >= 15 is 0 Å². The third kappa shape index (κ3) is 4.11. The minimum absolute atomic E-state index is 0.159. The summed E-state index contributed by atoms with van der Waals surface area (Å²) >= 11 is 0. The first kappa shape index (κ1) is 18.3. The smallest absolute Gasteiger partial charge is 0.258 e. The van der Waals surface area contributed by atoms with Crippen LogP contribution in [-0.2, 0) is 11.3 Å². The van der Waals surface area contributed by atoms with Crippen molar-refractivity contribution in [1.82, 2.24) is 20.4 Å². The zero-order valence-corrected chi connectivity index (χ0v) is 15.7. The topological polar surface area (TPSA) is 80.5 Å². The van der Waals surface area contributed by atoms with Gasteiger partial charge in [0.2, 0.25) is 5.82 Å². The van der Waals surface area contributed by atoms with Gasteiger partial charge in [-0.1, -0.05) is 41.6 Å². The van der Waals surface area contributed by atoms with Crippen LogP contribution in [0.4, 0.5) is 0 Å². The van der Waals surface area contributed by atoms with Crippen molar-refractivity contribution in [2.75, 3.05) is 26.7 Å². The molecule has 2 heterocycles. The van der Waals surface area contributed by atoms with E-state index in [0.29, 0.717) is 36.0 Å². The number of hydrogen-bond donors (Lipinski definition) is 1. The van der Waals surface area contributed by atoms with E-state index < -0.39 is 0 Å². The Morgan fingerprint density at radius 3 is 2.89 bits per heavy atom. The molecular weight excluding hydrogens is 356 g/mol. The summed E-state index contributed by atoms with van der Waals surface area (Å²) in [7, 11) is 1.60. The maximum atomic E-state index is 11.8. The third-order valence-corrected chi connectivity index (χ3v) is 4.73. The molecule has 1 atom stereocenters. The molecule has 1 aliphatic heterocycles. The Balaban J connectivity index is 1.47. The van der Waals surface area contributed by atoms with Crippen molar-refractivity contribution in [2.45, 2.75) is 12.6 Å². The number of ether oxygens (including phenoxy) is 1. The molecule has 4 rings (SSSR count). The molecule has 2 aromatic carbocycles. The molecule has 1 aliphatic rings. The highest BCUT2D eigenvalue weighted by Gasteiger charge is 2.26. The number of amides is 1. The highest BCUT2D eigenvalue weighted by Crippen LogP contribution is 2.25. The molecular formula is C21H22N4O3. The Kier molecular flexibility index (Phi) is 5.45. The number of carbonyl (C=O) groups excluding carboxylic acids is 1. The quantitative estimate of drug-likeness (QED) is 0.735. The maximum Gasteiger partial charge on any atom is 0.258 e. The van der Waals surface area contributed by atoms with Crippen LogP contribution in [0.3, 0.4) is 0 Å². The minimum atomic E-state index is -0.239. The fraction of sp³-hybridized carbons (Fsp3) is 0.286. The second-order valence-corrected chi connectivity index (χ2v) is 6.70. The molecule has 7 heteroatoms. The van der Waals surface area contributed by atoms with E-state index in [-0.39, 0.29) is 12.0 Å². The van der Waals surface area contributed by atoms with Crippen LogP contribution in [0.25, 0.3) is 11.5 Å². The van der Waals surface area contributed by atoms with Crippen LogP contribution in [0.2, 0.25) is 0 Å². The number of aromatic nitrogens is 2. The Labute approximate surface area is 163 Å². The summed E-state index contributed by atoms with van der Waals surface area (Å²) in [4.78, 5) is 18.7. The molecule has 0 aliphatic carbocycles. The van der Waals surface area contributed by atoms with E-state index in [4.69, 9.17) is 9.26 Å². The number of nitrogens with one attached hydrogen (secondary N) is 1. The van der Waals surface area contributed by atoms with Crippen molar-refractivity contribution in [3.63, 3.8) is 0 Å². The monoisotopic (exact) mass is 378 g/mol. The van der Waals surface area contributed by atoms with Crippen molar-refractivity contribution in [2.24, 2.45) is 0 Å². The second kappa shape index (κ2) is 8.33. The lowest BCUT2D eigenvalue weighted by Gasteiger charge is -2.31. The third-order valence-electron chi connectivity index (χ3n) is 4.73. The van der Waals surface area contributed by atoms with Crippen LogP contribution in [0.15, 0.2) is 59.1 Å². The molecule has 1 fully saturated rings. The summed E-state index contributed by atoms with van der Waals surface area (Å²) in [6.45, 7) is 3.05. The Morgan fingerprint density at radius 1 is 1.21 bits per heavy atom. The maximum absolute atomic E-state index is 11.8. The van der Waals surface area contributed by atoms with Crippen LogP contribution in [0, 0.1) is 0 Å². The molecule has 1 aromatic heterocycles. The number of hydrogen-bond acceptors (Lipinski definition) is 6. The minimum Gasteiger partial charge on any atom is -0.367 e. The molecule has 0 radical (unpaired) electrons. The van der Waals surface area contributed by atoms with Gasteiger partial charge in [0.25, 0.3) is 11.8 Å². The highest BCUT2D eigenvalue weighted by molar-refractivity contribution is 5.94. The summed E-state index contributed by atoms with van der Waals surface area (Å²) in [5.41, 5.74) is 2.52. The van der Waals surface area contributed by atoms with Crippen molar-refractivity contribution in [3.05, 3.63) is 71.5 Å². The second-order valence-electron chi connectivity index (χ2n) is 6.70. The van der Waals surface area contributed by atoms with Crippen LogP contribution in [0.5, 0.6) is 0 Å². The van der Waals surface area contributed by atoms with E-state index in [2.05, 4.69) is 32.5 Å². The fourth-order valence-electron chi connectivity index (χ4n) is 3.26. The molecule has 0 bridgehead atoms. The van der Waals surface area contributed by atoms with Gasteiger partial charge in [-0.05, 0) is 23.8 Å². The number of morpholine rings is 1. The zero-order valence-electron chi connectivity index (χ0n) is 15.7. The lowest BCUT2D eigenvalue weighted by molar-refractivity contribution is -0.0380. The molecule has 1 amide bonds. The van der Waals surface area contributed by atoms with E-state index in [1.54, 1.807) is 25.2 Å². The van der Waals surface area contributed by atoms with Crippen LogP contribution in [0.1, 0.15) is 27.8 Å². The molecule has 0 spiro atoms. The molecule has 1 N–H and O–H groups in total. The number of nitrogens with zero attached hydrogens (tertiary/aromatic N) is 3. The van der Waals surface area contributed by atoms with Crippen molar-refractivity contribution < 1.29 is 14.1 Å². The van der Waals surface area contributed by atoms with Gasteiger partial charge in [0, 0.05) is 37.8 Å². The molecule has 144 valence electrons. The zero-order chi connectivity index (χ0) is 19.3. The Morgan fingerprint density at radius 2 is 2.07 bits per heavy atom. The van der Waals surface area contributed by atoms with Gasteiger partial charge in [0.1, 0.15) is 6.10 Å². The summed E-state index contributed by atoms with van der Waals surface area (Å²) in [6, 6.07) is 17.5. The first-order valence-corrected chi connectivity index (χ1v) is 9.27. The Hall–Kier alpha value is -3.03. The predicted molar refractivity (Wildman–Crippen MR) is 104 cm³/mol. The SMILES string of the molecule is CNC(=O)c1cccc(-c2nc(C3CN(Cc4ccccc4)CCO3)no2)c1. The van der Waals surface area contributed by atoms with E-state index in [9.17, 15) is 4.79 Å². The van der Waals surface area contributed by atoms with Crippen molar-refractivity contribution in [3.8, 4) is 11.5 Å². The molecule has 1 unspecified atom stereocenters. The number of benzene rings is 2. The van der Waals surface area contributed by atoms with Crippen LogP contribution in [-0.4, -0.2) is 47.7 Å². The lowest BCUT2D eigenvalue weighted by atomic mass is 10.1. The molecule has 3 aromatic rings. The number of carbonyl (C=O) groups is 1. The lowest BCUT2D eigenvalue weighted by Crippen LogP contribution is -2.38. The largest absolute Gasteiger partial charge is 0.367 e. The van der Waals surface area contributed by atoms with Gasteiger partial charge in [-0.3, -0.25) is 9.69 Å². The van der Waals surface area contributed by atoms with E-state index in [1.165, 1.54) is 5.56 Å². The summed E-state index contributed by atoms with van der Waals surface area (Å²) in [6.07, 6.45) is -0.239. The van der Waals surface area contributed by atoms with Gasteiger partial charge in [0.15, 0.2) is 0 Å². The summed E-state index contributed by atoms with van der Waals surface area (Å²) < 4.78 is 11.3. The van der Waals surface area contributed by atoms with Gasteiger partial charge in [-0.2, -0.15) is 4.98 Å². The van der Waals surface area contributed by atoms with Crippen LogP contribution < -0.4 is 5.32 Å². The molecule has 28 heavy (non-hydrogen) atoms. The molecule has 1 saturated heterocycles. The average molecular weight is 378 g/mol. The molecule has 7 nitrogen and oxygen atoms in total. The normalized spacial score (nSPS) is 17.4. The van der Waals surface area contributed by atoms with Gasteiger partial charge < -0.3 is 14.6 Å². The predicted octanol–water partition coefficient (Wildman–Crippen LogP) is 2.67. The standard InChI is InChI=1S/C21H22N4O3/c1-22-20(26)16-8-5-9-17(12-16)21-23-19(24-28-21)18-14-25(10-11-27-18)13-15-6-3-2-4-7-15/h2-9,12,18H,10-11,13-14H2,1H3,(H,22,26). The first-order valence-electron chi connectivity index (χ1n) is 9.27.